The second-order valence-corrected chi connectivity index (χ2v) is 11.1. The van der Waals surface area contributed by atoms with Crippen molar-refractivity contribution in [3.8, 4) is 5.75 Å². The first-order chi connectivity index (χ1) is 10.5. The molecule has 0 radical (unpaired) electrons. The Bertz CT molecular complexity index is 458. The minimum atomic E-state index is -1.68. The third-order valence-corrected chi connectivity index (χ3v) is 7.93. The first kappa shape index (κ1) is 20.6. The Hall–Kier alpha value is -0.471. The Morgan fingerprint density at radius 1 is 1.17 bits per heavy atom. The van der Waals surface area contributed by atoms with E-state index in [-0.39, 0.29) is 17.4 Å². The number of rotatable bonds is 3. The minimum absolute atomic E-state index is 0. The standard InChI is InChI=1S/C14H21NOSi.C4H8O.Cr/c1-11-7-6-10-14(11)17(2,3)15-12-8-4-5-9-13(12)16;1-2-4-5-3-1;/h4-5,8-9,14,16H,6-7,10H2,1-3H3;1-4H2;/q-2;;+2. The molecule has 1 saturated heterocycles. The van der Waals surface area contributed by atoms with Gasteiger partial charge in [0.05, 0.1) is 0 Å². The molecule has 2 fully saturated rings. The van der Waals surface area contributed by atoms with Gasteiger partial charge < -0.3 is 20.7 Å². The Kier molecular flexibility index (Phi) is 8.71. The zero-order chi connectivity index (χ0) is 16.0. The summed E-state index contributed by atoms with van der Waals surface area (Å²) in [5.41, 5.74) is 1.45. The third kappa shape index (κ3) is 6.15. The maximum Gasteiger partial charge on any atom is 2.00 e. The van der Waals surface area contributed by atoms with Crippen LogP contribution in [0.4, 0.5) is 5.69 Å². The number of para-hydroxylation sites is 1. The number of hydrogen-bond acceptors (Lipinski definition) is 2. The van der Waals surface area contributed by atoms with E-state index >= 15 is 0 Å². The van der Waals surface area contributed by atoms with E-state index in [0.717, 1.165) is 18.9 Å². The molecule has 0 aromatic heterocycles. The Morgan fingerprint density at radius 2 is 1.83 bits per heavy atom. The van der Waals surface area contributed by atoms with Crippen molar-refractivity contribution in [2.45, 2.75) is 57.7 Å². The van der Waals surface area contributed by atoms with Gasteiger partial charge in [0, 0.05) is 13.2 Å². The third-order valence-electron chi connectivity index (χ3n) is 4.63. The van der Waals surface area contributed by atoms with E-state index < -0.39 is 8.24 Å². The van der Waals surface area contributed by atoms with Crippen LogP contribution in [-0.2, 0) is 22.1 Å². The molecule has 3 nitrogen and oxygen atoms in total. The predicted octanol–water partition coefficient (Wildman–Crippen LogP) is 5.55. The summed E-state index contributed by atoms with van der Waals surface area (Å²) in [6.45, 7) is 8.88. The van der Waals surface area contributed by atoms with Gasteiger partial charge in [0.25, 0.3) is 0 Å². The van der Waals surface area contributed by atoms with E-state index in [1.165, 1.54) is 32.1 Å². The molecule has 0 bridgehead atoms. The molecular weight excluding hydrogens is 342 g/mol. The van der Waals surface area contributed by atoms with Crippen molar-refractivity contribution in [1.82, 2.24) is 0 Å². The molecule has 1 aliphatic carbocycles. The van der Waals surface area contributed by atoms with Crippen LogP contribution >= 0.6 is 0 Å². The molecule has 3 rings (SSSR count). The maximum absolute atomic E-state index is 9.80. The van der Waals surface area contributed by atoms with E-state index in [1.807, 2.05) is 18.2 Å². The predicted molar refractivity (Wildman–Crippen MR) is 95.2 cm³/mol. The number of phenolic OH excluding ortho intramolecular Hbond substituents is 1. The second kappa shape index (κ2) is 9.74. The van der Waals surface area contributed by atoms with Gasteiger partial charge in [-0.25, -0.2) is 0 Å². The SMILES string of the molecule is C1CCOC1.C[C-]1CCCC1[Si](C)(C)[N-]c1ccccc1O.[Cr+2]. The van der Waals surface area contributed by atoms with Crippen LogP contribution in [0.1, 0.15) is 39.0 Å². The summed E-state index contributed by atoms with van der Waals surface area (Å²) in [5.74, 6) is 1.92. The monoisotopic (exact) mass is 371 g/mol. The molecule has 2 aliphatic rings. The number of ether oxygens (including phenoxy) is 1. The van der Waals surface area contributed by atoms with Gasteiger partial charge in [0.2, 0.25) is 0 Å². The summed E-state index contributed by atoms with van der Waals surface area (Å²) >= 11 is 0. The van der Waals surface area contributed by atoms with Gasteiger partial charge in [-0.1, -0.05) is 58.1 Å². The van der Waals surface area contributed by atoms with Crippen molar-refractivity contribution in [3.05, 3.63) is 35.2 Å². The van der Waals surface area contributed by atoms with Crippen molar-refractivity contribution < 1.29 is 27.2 Å². The summed E-state index contributed by atoms with van der Waals surface area (Å²) in [5, 5.41) is 9.80. The Labute approximate surface area is 153 Å². The first-order valence-corrected chi connectivity index (χ1v) is 11.4. The van der Waals surface area contributed by atoms with Gasteiger partial charge in [-0.3, -0.25) is 0 Å². The summed E-state index contributed by atoms with van der Waals surface area (Å²) < 4.78 is 4.94. The van der Waals surface area contributed by atoms with Gasteiger partial charge in [-0.15, -0.1) is 0 Å². The van der Waals surface area contributed by atoms with Crippen LogP contribution in [0.15, 0.2) is 24.3 Å². The van der Waals surface area contributed by atoms with Crippen LogP contribution in [0, 0.1) is 5.92 Å². The molecule has 0 spiro atoms. The van der Waals surface area contributed by atoms with Crippen LogP contribution < -0.4 is 0 Å². The van der Waals surface area contributed by atoms with Crippen molar-refractivity contribution in [2.24, 2.45) is 0 Å². The largest absolute Gasteiger partial charge is 2.00 e. The smallest absolute Gasteiger partial charge is 0.685 e. The van der Waals surface area contributed by atoms with Crippen LogP contribution in [0.2, 0.25) is 18.6 Å². The van der Waals surface area contributed by atoms with Gasteiger partial charge in [-0.05, 0) is 18.9 Å². The van der Waals surface area contributed by atoms with Crippen LogP contribution in [0.3, 0.4) is 0 Å². The number of aromatic hydroxyl groups is 1. The molecular formula is C18H29CrNO2Si. The topological polar surface area (TPSA) is 43.6 Å². The van der Waals surface area contributed by atoms with E-state index in [9.17, 15) is 5.11 Å². The van der Waals surface area contributed by atoms with Gasteiger partial charge in [-0.2, -0.15) is 18.9 Å². The number of phenols is 1. The molecule has 1 heterocycles. The number of benzene rings is 1. The van der Waals surface area contributed by atoms with Gasteiger partial charge >= 0.3 is 17.4 Å². The zero-order valence-corrected chi connectivity index (χ0v) is 16.8. The number of nitrogens with zero attached hydrogens (tertiary/aromatic N) is 1. The summed E-state index contributed by atoms with van der Waals surface area (Å²) in [6, 6.07) is 7.41. The minimum Gasteiger partial charge on any atom is -0.685 e. The summed E-state index contributed by atoms with van der Waals surface area (Å²) in [4.78, 5) is 4.89. The molecule has 1 saturated carbocycles. The Balaban J connectivity index is 0.000000377. The quantitative estimate of drug-likeness (QED) is 0.559. The average Bonchev–Trinajstić information content (AvgIpc) is 3.15. The van der Waals surface area contributed by atoms with Crippen LogP contribution in [-0.4, -0.2) is 26.6 Å². The average molecular weight is 372 g/mol. The fourth-order valence-electron chi connectivity index (χ4n) is 3.42. The molecule has 1 N–H and O–H groups in total. The molecule has 1 aromatic carbocycles. The Morgan fingerprint density at radius 3 is 2.30 bits per heavy atom. The molecule has 5 heteroatoms. The van der Waals surface area contributed by atoms with Crippen molar-refractivity contribution in [3.63, 3.8) is 0 Å². The van der Waals surface area contributed by atoms with Crippen LogP contribution in [0.5, 0.6) is 5.75 Å². The van der Waals surface area contributed by atoms with E-state index in [1.54, 1.807) is 12.0 Å². The molecule has 23 heavy (non-hydrogen) atoms. The fourth-order valence-corrected chi connectivity index (χ4v) is 6.65. The molecule has 128 valence electrons. The van der Waals surface area contributed by atoms with E-state index in [4.69, 9.17) is 9.72 Å². The molecule has 1 unspecified atom stereocenters. The maximum atomic E-state index is 9.80. The molecule has 1 atom stereocenters. The van der Waals surface area contributed by atoms with Gasteiger partial charge in [0.1, 0.15) is 5.75 Å². The molecule has 1 aromatic rings. The van der Waals surface area contributed by atoms with Crippen LogP contribution in [0.25, 0.3) is 4.98 Å². The normalized spacial score (nSPS) is 21.3. The second-order valence-electron chi connectivity index (χ2n) is 6.86. The van der Waals surface area contributed by atoms with Crippen molar-refractivity contribution in [1.29, 1.82) is 0 Å². The summed E-state index contributed by atoms with van der Waals surface area (Å²) in [6.07, 6.45) is 6.41. The van der Waals surface area contributed by atoms with E-state index in [0.29, 0.717) is 11.3 Å². The van der Waals surface area contributed by atoms with Crippen molar-refractivity contribution >= 4 is 13.9 Å². The van der Waals surface area contributed by atoms with Gasteiger partial charge in [0.15, 0.2) is 0 Å². The van der Waals surface area contributed by atoms with Crippen molar-refractivity contribution in [2.75, 3.05) is 13.2 Å². The molecule has 1 aliphatic heterocycles. The van der Waals surface area contributed by atoms with E-state index in [2.05, 4.69) is 20.0 Å². The zero-order valence-electron chi connectivity index (χ0n) is 14.5. The number of hydrogen-bond donors (Lipinski definition) is 1. The first-order valence-electron chi connectivity index (χ1n) is 8.41. The fraction of sp³-hybridized carbons (Fsp3) is 0.611. The molecule has 0 amide bonds. The summed E-state index contributed by atoms with van der Waals surface area (Å²) in [7, 11) is -1.68.